The van der Waals surface area contributed by atoms with E-state index >= 15 is 0 Å². The fourth-order valence-electron chi connectivity index (χ4n) is 6.33. The van der Waals surface area contributed by atoms with E-state index < -0.39 is 17.7 Å². The largest absolute Gasteiger partial charge is 0.457 e. The number of aliphatic hydroxyl groups excluding tert-OH is 1. The fraction of sp³-hybridized carbons (Fsp3) is 0.500. The number of carbonyl (C=O) groups is 2. The van der Waals surface area contributed by atoms with Gasteiger partial charge in [0.05, 0.1) is 12.6 Å². The number of piperazine rings is 1. The minimum absolute atomic E-state index is 0.0486. The Hall–Kier alpha value is -3.34. The summed E-state index contributed by atoms with van der Waals surface area (Å²) in [6, 6.07) is 16.9. The normalized spacial score (nSPS) is 22.6. The summed E-state index contributed by atoms with van der Waals surface area (Å²) in [7, 11) is 0. The highest BCUT2D eigenvalue weighted by molar-refractivity contribution is 6.00. The molecule has 1 aliphatic carbocycles. The number of rotatable bonds is 7. The van der Waals surface area contributed by atoms with E-state index in [1.165, 1.54) is 5.56 Å². The molecule has 0 aromatic heterocycles. The van der Waals surface area contributed by atoms with Crippen molar-refractivity contribution in [1.82, 2.24) is 15.1 Å². The van der Waals surface area contributed by atoms with E-state index in [2.05, 4.69) is 34.2 Å². The van der Waals surface area contributed by atoms with Crippen LogP contribution in [0.1, 0.15) is 57.4 Å². The smallest absolute Gasteiger partial charge is 0.249 e. The summed E-state index contributed by atoms with van der Waals surface area (Å²) < 4.78 is 5.90. The molecule has 2 aromatic carbocycles. The number of nitrogens with zero attached hydrogens (tertiary/aromatic N) is 2. The Morgan fingerprint density at radius 1 is 1.00 bits per heavy atom. The molecule has 1 spiro atoms. The second kappa shape index (κ2) is 12.2. The van der Waals surface area contributed by atoms with Crippen molar-refractivity contribution in [2.24, 2.45) is 5.92 Å². The molecule has 2 saturated heterocycles. The van der Waals surface area contributed by atoms with Crippen molar-refractivity contribution < 1.29 is 19.4 Å². The molecular weight excluding hydrogens is 490 g/mol. The van der Waals surface area contributed by atoms with Gasteiger partial charge in [0.15, 0.2) is 0 Å². The van der Waals surface area contributed by atoms with Gasteiger partial charge in [-0.2, -0.15) is 0 Å². The molecule has 2 aromatic rings. The third-order valence-electron chi connectivity index (χ3n) is 8.64. The molecule has 206 valence electrons. The minimum atomic E-state index is -0.923. The van der Waals surface area contributed by atoms with Crippen LogP contribution < -0.4 is 10.1 Å². The van der Waals surface area contributed by atoms with Crippen molar-refractivity contribution in [2.75, 3.05) is 19.6 Å². The van der Waals surface area contributed by atoms with E-state index in [1.54, 1.807) is 11.8 Å². The number of amides is 2. The van der Waals surface area contributed by atoms with Crippen LogP contribution in [0.5, 0.6) is 11.5 Å². The average Bonchev–Trinajstić information content (AvgIpc) is 2.98. The standard InChI is InChI=1S/C32H39N3O4/c1-2-3-20-35-30(37)28(29(36)25-10-6-4-7-11-25)33-31(38)32(35)18-21-34(22-19-32)23-24-14-16-27(17-15-24)39-26-12-8-5-9-13-26/h5,8-9,12-17,25,28-29,36H,4,6-7,10-11,18-23H2,1H3,(H,33,38). The number of benzene rings is 2. The third-order valence-corrected chi connectivity index (χ3v) is 8.64. The van der Waals surface area contributed by atoms with E-state index in [9.17, 15) is 14.7 Å². The molecule has 2 amide bonds. The molecule has 2 N–H and O–H groups in total. The topological polar surface area (TPSA) is 82.1 Å². The van der Waals surface area contributed by atoms with Crippen LogP contribution in [0.25, 0.3) is 0 Å². The average molecular weight is 530 g/mol. The molecule has 0 bridgehead atoms. The molecule has 3 aliphatic rings. The Bertz CT molecular complexity index is 1190. The van der Waals surface area contributed by atoms with Gasteiger partial charge < -0.3 is 20.1 Å². The first-order chi connectivity index (χ1) is 19.0. The molecular formula is C32H39N3O4. The van der Waals surface area contributed by atoms with Crippen LogP contribution in [0.2, 0.25) is 0 Å². The van der Waals surface area contributed by atoms with Gasteiger partial charge in [0.2, 0.25) is 11.8 Å². The molecule has 7 nitrogen and oxygen atoms in total. The van der Waals surface area contributed by atoms with Gasteiger partial charge in [0.25, 0.3) is 0 Å². The maximum absolute atomic E-state index is 13.7. The van der Waals surface area contributed by atoms with Crippen LogP contribution in [-0.4, -0.2) is 64.0 Å². The lowest BCUT2D eigenvalue weighted by Gasteiger charge is -2.52. The lowest BCUT2D eigenvalue weighted by Crippen LogP contribution is -2.75. The molecule has 3 fully saturated rings. The molecule has 0 radical (unpaired) electrons. The van der Waals surface area contributed by atoms with Crippen molar-refractivity contribution in [2.45, 2.75) is 76.1 Å². The predicted octanol–water partition coefficient (Wildman–Crippen LogP) is 4.11. The number of hydrogen-bond donors (Lipinski definition) is 2. The quantitative estimate of drug-likeness (QED) is 0.528. The van der Waals surface area contributed by atoms with Crippen LogP contribution in [0, 0.1) is 17.8 Å². The zero-order chi connectivity index (χ0) is 27.2. The van der Waals surface area contributed by atoms with Crippen LogP contribution in [0.4, 0.5) is 0 Å². The van der Waals surface area contributed by atoms with Crippen LogP contribution in [-0.2, 0) is 16.1 Å². The van der Waals surface area contributed by atoms with Crippen molar-refractivity contribution in [3.63, 3.8) is 0 Å². The van der Waals surface area contributed by atoms with Crippen molar-refractivity contribution in [3.05, 3.63) is 60.2 Å². The van der Waals surface area contributed by atoms with E-state index in [0.29, 0.717) is 25.9 Å². The molecule has 1 saturated carbocycles. The van der Waals surface area contributed by atoms with Crippen LogP contribution in [0.15, 0.2) is 54.6 Å². The van der Waals surface area contributed by atoms with Gasteiger partial charge in [-0.15, -0.1) is 5.92 Å². The van der Waals surface area contributed by atoms with E-state index in [0.717, 1.165) is 50.1 Å². The summed E-state index contributed by atoms with van der Waals surface area (Å²) in [6.45, 7) is 4.09. The number of ether oxygens (including phenoxy) is 1. The third kappa shape index (κ3) is 5.98. The zero-order valence-electron chi connectivity index (χ0n) is 22.8. The Balaban J connectivity index is 1.23. The Morgan fingerprint density at radius 2 is 1.67 bits per heavy atom. The van der Waals surface area contributed by atoms with Crippen molar-refractivity contribution in [3.8, 4) is 23.3 Å². The predicted molar refractivity (Wildman–Crippen MR) is 150 cm³/mol. The summed E-state index contributed by atoms with van der Waals surface area (Å²) in [4.78, 5) is 31.4. The maximum atomic E-state index is 13.7. The molecule has 7 heteroatoms. The van der Waals surface area contributed by atoms with Crippen molar-refractivity contribution in [1.29, 1.82) is 0 Å². The number of carbonyl (C=O) groups excluding carboxylic acids is 2. The highest BCUT2D eigenvalue weighted by Crippen LogP contribution is 2.36. The Kier molecular flexibility index (Phi) is 8.54. The number of likely N-dealkylation sites (tertiary alicyclic amines) is 1. The van der Waals surface area contributed by atoms with Crippen LogP contribution >= 0.6 is 0 Å². The highest BCUT2D eigenvalue weighted by atomic mass is 16.5. The maximum Gasteiger partial charge on any atom is 0.249 e. The van der Waals surface area contributed by atoms with Crippen molar-refractivity contribution >= 4 is 11.8 Å². The minimum Gasteiger partial charge on any atom is -0.457 e. The first kappa shape index (κ1) is 27.2. The van der Waals surface area contributed by atoms with Gasteiger partial charge in [0.1, 0.15) is 23.1 Å². The number of aliphatic hydroxyl groups is 1. The van der Waals surface area contributed by atoms with E-state index in [1.807, 2.05) is 42.5 Å². The number of nitrogens with one attached hydrogen (secondary N) is 1. The number of hydrogen-bond acceptors (Lipinski definition) is 5. The highest BCUT2D eigenvalue weighted by Gasteiger charge is 2.55. The second-order valence-corrected chi connectivity index (χ2v) is 11.1. The van der Waals surface area contributed by atoms with Gasteiger partial charge in [-0.3, -0.25) is 14.5 Å². The molecule has 2 atom stereocenters. The summed E-state index contributed by atoms with van der Waals surface area (Å²) >= 11 is 0. The lowest BCUT2D eigenvalue weighted by atomic mass is 9.78. The zero-order valence-corrected chi connectivity index (χ0v) is 22.8. The molecule has 2 unspecified atom stereocenters. The molecule has 2 heterocycles. The second-order valence-electron chi connectivity index (χ2n) is 11.1. The SMILES string of the molecule is CC#CCN1C(=O)C(C(O)C2CCCCC2)NC(=O)C12CCN(Cc1ccc(Oc3ccccc3)cc1)CC2. The van der Waals surface area contributed by atoms with E-state index in [4.69, 9.17) is 4.74 Å². The summed E-state index contributed by atoms with van der Waals surface area (Å²) in [5.41, 5.74) is 0.244. The number of para-hydroxylation sites is 1. The first-order valence-corrected chi connectivity index (χ1v) is 14.2. The molecule has 2 aliphatic heterocycles. The van der Waals surface area contributed by atoms with Gasteiger partial charge >= 0.3 is 0 Å². The van der Waals surface area contributed by atoms with Gasteiger partial charge in [-0.25, -0.2) is 0 Å². The van der Waals surface area contributed by atoms with Gasteiger partial charge in [0, 0.05) is 19.6 Å². The van der Waals surface area contributed by atoms with Crippen LogP contribution in [0.3, 0.4) is 0 Å². The molecule has 5 rings (SSSR count). The Morgan fingerprint density at radius 3 is 2.33 bits per heavy atom. The number of piperidine rings is 1. The first-order valence-electron chi connectivity index (χ1n) is 14.2. The Labute approximate surface area is 231 Å². The van der Waals surface area contributed by atoms with Gasteiger partial charge in [-0.1, -0.05) is 55.5 Å². The lowest BCUT2D eigenvalue weighted by molar-refractivity contribution is -0.164. The summed E-state index contributed by atoms with van der Waals surface area (Å²) in [5.74, 6) is 7.20. The monoisotopic (exact) mass is 529 g/mol. The summed E-state index contributed by atoms with van der Waals surface area (Å²) in [5, 5.41) is 14.1. The summed E-state index contributed by atoms with van der Waals surface area (Å²) in [6.07, 6.45) is 5.30. The fourth-order valence-corrected chi connectivity index (χ4v) is 6.33. The molecule has 39 heavy (non-hydrogen) atoms. The van der Waals surface area contributed by atoms with E-state index in [-0.39, 0.29) is 24.3 Å². The van der Waals surface area contributed by atoms with Gasteiger partial charge in [-0.05, 0) is 68.4 Å².